The fourth-order valence-corrected chi connectivity index (χ4v) is 4.21. The molecule has 140 valence electrons. The fourth-order valence-electron chi connectivity index (χ4n) is 4.02. The van der Waals surface area contributed by atoms with Crippen LogP contribution in [0.5, 0.6) is 0 Å². The summed E-state index contributed by atoms with van der Waals surface area (Å²) in [6.07, 6.45) is 2.25. The summed E-state index contributed by atoms with van der Waals surface area (Å²) < 4.78 is 0. The number of hydrogen-bond donors (Lipinski definition) is 1. The molecule has 0 spiro atoms. The van der Waals surface area contributed by atoms with E-state index in [1.54, 1.807) is 4.90 Å². The summed E-state index contributed by atoms with van der Waals surface area (Å²) in [6.45, 7) is 3.03. The van der Waals surface area contributed by atoms with Crippen molar-refractivity contribution in [1.82, 2.24) is 0 Å². The molecule has 2 heterocycles. The van der Waals surface area contributed by atoms with Crippen LogP contribution in [0.4, 0.5) is 17.1 Å². The van der Waals surface area contributed by atoms with Gasteiger partial charge in [-0.25, -0.2) is 0 Å². The van der Waals surface area contributed by atoms with E-state index in [2.05, 4.69) is 10.2 Å². The van der Waals surface area contributed by atoms with E-state index in [0.29, 0.717) is 5.69 Å². The zero-order valence-electron chi connectivity index (χ0n) is 15.2. The molecule has 0 saturated carbocycles. The second-order valence-electron chi connectivity index (χ2n) is 7.18. The number of amides is 2. The number of para-hydroxylation sites is 2. The van der Waals surface area contributed by atoms with E-state index in [1.165, 1.54) is 5.56 Å². The summed E-state index contributed by atoms with van der Waals surface area (Å²) in [4.78, 5) is 29.3. The molecule has 2 amide bonds. The Morgan fingerprint density at radius 2 is 2.04 bits per heavy atom. The lowest BCUT2D eigenvalue weighted by atomic mass is 10.0. The quantitative estimate of drug-likeness (QED) is 0.856. The van der Waals surface area contributed by atoms with Crippen LogP contribution in [0.15, 0.2) is 42.5 Å². The van der Waals surface area contributed by atoms with Crippen molar-refractivity contribution in [3.8, 4) is 0 Å². The Morgan fingerprint density at radius 3 is 2.89 bits per heavy atom. The van der Waals surface area contributed by atoms with E-state index in [1.807, 2.05) is 49.4 Å². The van der Waals surface area contributed by atoms with Gasteiger partial charge in [-0.3, -0.25) is 9.59 Å². The van der Waals surface area contributed by atoms with Gasteiger partial charge in [-0.15, -0.1) is 0 Å². The number of fused-ring (bicyclic) bond motifs is 2. The molecule has 0 radical (unpaired) electrons. The third-order valence-electron chi connectivity index (χ3n) is 5.21. The number of benzene rings is 2. The molecule has 2 aliphatic heterocycles. The van der Waals surface area contributed by atoms with Gasteiger partial charge in [0.25, 0.3) is 0 Å². The van der Waals surface area contributed by atoms with Gasteiger partial charge in [-0.1, -0.05) is 23.7 Å². The molecule has 5 nitrogen and oxygen atoms in total. The molecule has 6 heteroatoms. The van der Waals surface area contributed by atoms with Crippen LogP contribution in [0.25, 0.3) is 0 Å². The highest BCUT2D eigenvalue weighted by atomic mass is 35.5. The van der Waals surface area contributed by atoms with Gasteiger partial charge in [0.05, 0.1) is 17.9 Å². The topological polar surface area (TPSA) is 52.7 Å². The van der Waals surface area contributed by atoms with E-state index in [-0.39, 0.29) is 30.8 Å². The van der Waals surface area contributed by atoms with Gasteiger partial charge in [0.2, 0.25) is 11.8 Å². The monoisotopic (exact) mass is 383 g/mol. The molecule has 0 bridgehead atoms. The Kier molecular flexibility index (Phi) is 4.79. The molecule has 0 aliphatic carbocycles. The SMILES string of the molecule is CC1CC(=O)Nc2ccccc2N1C(=O)CN1CCCc2cc(Cl)ccc21. The number of nitrogens with one attached hydrogen (secondary N) is 1. The molecule has 1 atom stereocenters. The molecular weight excluding hydrogens is 362 g/mol. The standard InChI is InChI=1S/C21H22ClN3O2/c1-14-11-20(26)23-17-6-2-3-7-19(17)25(14)21(27)13-24-10-4-5-15-12-16(22)8-9-18(15)24/h2-3,6-9,12,14H,4-5,10-11,13H2,1H3,(H,23,26). The van der Waals surface area contributed by atoms with E-state index in [4.69, 9.17) is 11.6 Å². The first kappa shape index (κ1) is 17.9. The maximum atomic E-state index is 13.3. The van der Waals surface area contributed by atoms with Gasteiger partial charge >= 0.3 is 0 Å². The molecule has 2 aromatic carbocycles. The van der Waals surface area contributed by atoms with E-state index < -0.39 is 0 Å². The molecule has 0 aromatic heterocycles. The van der Waals surface area contributed by atoms with Gasteiger partial charge in [-0.05, 0) is 55.7 Å². The van der Waals surface area contributed by atoms with Crippen LogP contribution >= 0.6 is 11.6 Å². The molecule has 1 unspecified atom stereocenters. The fraction of sp³-hybridized carbons (Fsp3) is 0.333. The van der Waals surface area contributed by atoms with Crippen LogP contribution in [0.3, 0.4) is 0 Å². The Labute approximate surface area is 163 Å². The maximum Gasteiger partial charge on any atom is 0.246 e. The number of anilines is 3. The molecule has 27 heavy (non-hydrogen) atoms. The van der Waals surface area contributed by atoms with Crippen molar-refractivity contribution in [3.63, 3.8) is 0 Å². The minimum absolute atomic E-state index is 0.00532. The smallest absolute Gasteiger partial charge is 0.246 e. The van der Waals surface area contributed by atoms with Gasteiger partial charge in [0.1, 0.15) is 0 Å². The minimum atomic E-state index is -0.198. The maximum absolute atomic E-state index is 13.3. The first-order chi connectivity index (χ1) is 13.0. The summed E-state index contributed by atoms with van der Waals surface area (Å²) in [6, 6.07) is 13.1. The van der Waals surface area contributed by atoms with Crippen molar-refractivity contribution in [2.24, 2.45) is 0 Å². The predicted octanol–water partition coefficient (Wildman–Crippen LogP) is 3.86. The summed E-state index contributed by atoms with van der Waals surface area (Å²) >= 11 is 6.13. The Morgan fingerprint density at radius 1 is 1.22 bits per heavy atom. The van der Waals surface area contributed by atoms with Crippen LogP contribution in [-0.4, -0.2) is 30.9 Å². The second kappa shape index (κ2) is 7.24. The average molecular weight is 384 g/mol. The van der Waals surface area contributed by atoms with Gasteiger partial charge in [0.15, 0.2) is 0 Å². The Hall–Kier alpha value is -2.53. The first-order valence-corrected chi connectivity index (χ1v) is 9.65. The highest BCUT2D eigenvalue weighted by molar-refractivity contribution is 6.30. The van der Waals surface area contributed by atoms with Crippen LogP contribution in [0.1, 0.15) is 25.3 Å². The summed E-state index contributed by atoms with van der Waals surface area (Å²) in [7, 11) is 0. The van der Waals surface area contributed by atoms with Crippen LogP contribution in [0, 0.1) is 0 Å². The number of nitrogens with zero attached hydrogens (tertiary/aromatic N) is 2. The van der Waals surface area contributed by atoms with E-state index >= 15 is 0 Å². The number of hydrogen-bond acceptors (Lipinski definition) is 3. The number of aryl methyl sites for hydroxylation is 1. The molecular formula is C21H22ClN3O2. The largest absolute Gasteiger partial charge is 0.362 e. The number of rotatable bonds is 2. The lowest BCUT2D eigenvalue weighted by molar-refractivity contribution is -0.118. The highest BCUT2D eigenvalue weighted by Gasteiger charge is 2.31. The summed E-state index contributed by atoms with van der Waals surface area (Å²) in [5.74, 6) is -0.0718. The number of halogens is 1. The van der Waals surface area contributed by atoms with E-state index in [9.17, 15) is 9.59 Å². The molecule has 2 aromatic rings. The van der Waals surface area contributed by atoms with Crippen molar-refractivity contribution in [2.75, 3.05) is 28.2 Å². The average Bonchev–Trinajstić information content (AvgIpc) is 2.75. The highest BCUT2D eigenvalue weighted by Crippen LogP contribution is 2.33. The van der Waals surface area contributed by atoms with E-state index in [0.717, 1.165) is 35.8 Å². The summed E-state index contributed by atoms with van der Waals surface area (Å²) in [5, 5.41) is 3.63. The van der Waals surface area contributed by atoms with Crippen molar-refractivity contribution < 1.29 is 9.59 Å². The normalized spacial score (nSPS) is 19.0. The van der Waals surface area contributed by atoms with Crippen molar-refractivity contribution in [2.45, 2.75) is 32.2 Å². The molecule has 0 saturated heterocycles. The van der Waals surface area contributed by atoms with Crippen LogP contribution < -0.4 is 15.1 Å². The Balaban J connectivity index is 1.63. The zero-order chi connectivity index (χ0) is 19.0. The van der Waals surface area contributed by atoms with Crippen molar-refractivity contribution in [1.29, 1.82) is 0 Å². The van der Waals surface area contributed by atoms with Gasteiger partial charge < -0.3 is 15.1 Å². The van der Waals surface area contributed by atoms with Crippen LogP contribution in [0.2, 0.25) is 5.02 Å². The molecule has 1 N–H and O–H groups in total. The Bertz CT molecular complexity index is 899. The third kappa shape index (κ3) is 3.52. The van der Waals surface area contributed by atoms with Crippen LogP contribution in [-0.2, 0) is 16.0 Å². The van der Waals surface area contributed by atoms with Gasteiger partial charge in [-0.2, -0.15) is 0 Å². The van der Waals surface area contributed by atoms with Gasteiger partial charge in [0, 0.05) is 29.7 Å². The second-order valence-corrected chi connectivity index (χ2v) is 7.62. The van der Waals surface area contributed by atoms with Crippen molar-refractivity contribution in [3.05, 3.63) is 53.1 Å². The number of carbonyl (C=O) groups excluding carboxylic acids is 2. The van der Waals surface area contributed by atoms with Crippen molar-refractivity contribution >= 4 is 40.5 Å². The predicted molar refractivity (Wildman–Crippen MR) is 109 cm³/mol. The minimum Gasteiger partial charge on any atom is -0.362 e. The third-order valence-corrected chi connectivity index (χ3v) is 5.45. The first-order valence-electron chi connectivity index (χ1n) is 9.27. The lowest BCUT2D eigenvalue weighted by Crippen LogP contribution is -2.46. The molecule has 0 fully saturated rings. The number of carbonyl (C=O) groups is 2. The molecule has 2 aliphatic rings. The zero-order valence-corrected chi connectivity index (χ0v) is 16.0. The molecule has 4 rings (SSSR count). The lowest BCUT2D eigenvalue weighted by Gasteiger charge is -2.34. The summed E-state index contributed by atoms with van der Waals surface area (Å²) in [5.41, 5.74) is 3.70.